The lowest BCUT2D eigenvalue weighted by Gasteiger charge is -1.84. The molecule has 0 amide bonds. The van der Waals surface area contributed by atoms with Crippen LogP contribution >= 0.6 is 0 Å². The summed E-state index contributed by atoms with van der Waals surface area (Å²) in [5.41, 5.74) is 0. The molecule has 1 aliphatic rings. The normalized spacial score (nSPS) is 32.6. The lowest BCUT2D eigenvalue weighted by Crippen LogP contribution is -1.77. The first-order valence-electron chi connectivity index (χ1n) is 3.27. The molecular weight excluding hydrogens is 114 g/mol. The van der Waals surface area contributed by atoms with Crippen molar-refractivity contribution in [1.82, 2.24) is 4.98 Å². The van der Waals surface area contributed by atoms with Crippen LogP contribution in [0.4, 0.5) is 0 Å². The Morgan fingerprint density at radius 2 is 2.56 bits per heavy atom. The Morgan fingerprint density at radius 3 is 3.00 bits per heavy atom. The molecule has 1 saturated carbocycles. The van der Waals surface area contributed by atoms with E-state index in [1.54, 1.807) is 12.5 Å². The van der Waals surface area contributed by atoms with E-state index in [0.29, 0.717) is 5.92 Å². The van der Waals surface area contributed by atoms with Gasteiger partial charge >= 0.3 is 0 Å². The summed E-state index contributed by atoms with van der Waals surface area (Å²) in [7, 11) is 0. The minimum absolute atomic E-state index is 0.625. The van der Waals surface area contributed by atoms with Crippen molar-refractivity contribution in [2.45, 2.75) is 19.3 Å². The lowest BCUT2D eigenvalue weighted by molar-refractivity contribution is 0.491. The highest BCUT2D eigenvalue weighted by atomic mass is 16.3. The Balaban J connectivity index is 2.18. The van der Waals surface area contributed by atoms with E-state index in [9.17, 15) is 0 Å². The third-order valence-corrected chi connectivity index (χ3v) is 1.88. The Morgan fingerprint density at radius 1 is 1.78 bits per heavy atom. The molecule has 0 aromatic carbocycles. The molecule has 0 bridgehead atoms. The summed E-state index contributed by atoms with van der Waals surface area (Å²) in [6.07, 6.45) is 4.60. The second-order valence-electron chi connectivity index (χ2n) is 2.69. The Hall–Kier alpha value is -0.790. The van der Waals surface area contributed by atoms with Crippen molar-refractivity contribution in [3.63, 3.8) is 0 Å². The molecule has 1 fully saturated rings. The summed E-state index contributed by atoms with van der Waals surface area (Å²) in [6, 6.07) is 0. The molecule has 0 unspecified atom stereocenters. The van der Waals surface area contributed by atoms with E-state index in [2.05, 4.69) is 11.9 Å². The number of nitrogens with zero attached hydrogens (tertiary/aromatic N) is 1. The number of rotatable bonds is 1. The molecule has 9 heavy (non-hydrogen) atoms. The van der Waals surface area contributed by atoms with Gasteiger partial charge in [-0.05, 0) is 12.3 Å². The van der Waals surface area contributed by atoms with E-state index in [1.165, 1.54) is 6.42 Å². The smallest absolute Gasteiger partial charge is 0.197 e. The molecule has 2 heteroatoms. The fraction of sp³-hybridized carbons (Fsp3) is 0.571. The molecule has 1 aromatic rings. The molecule has 1 aromatic heterocycles. The van der Waals surface area contributed by atoms with Crippen LogP contribution in [0.25, 0.3) is 0 Å². The van der Waals surface area contributed by atoms with Crippen molar-refractivity contribution >= 4 is 0 Å². The zero-order chi connectivity index (χ0) is 6.27. The highest BCUT2D eigenvalue weighted by Gasteiger charge is 2.37. The van der Waals surface area contributed by atoms with E-state index in [1.807, 2.05) is 0 Å². The molecule has 0 aliphatic heterocycles. The fourth-order valence-corrected chi connectivity index (χ4v) is 1.08. The molecule has 2 rings (SSSR count). The first-order valence-corrected chi connectivity index (χ1v) is 3.27. The first kappa shape index (κ1) is 5.03. The number of oxazole rings is 1. The van der Waals surface area contributed by atoms with E-state index in [4.69, 9.17) is 4.42 Å². The van der Waals surface area contributed by atoms with Crippen LogP contribution in [0.1, 0.15) is 25.2 Å². The van der Waals surface area contributed by atoms with Gasteiger partial charge in [-0.3, -0.25) is 0 Å². The van der Waals surface area contributed by atoms with Gasteiger partial charge in [0, 0.05) is 5.92 Å². The third-order valence-electron chi connectivity index (χ3n) is 1.88. The van der Waals surface area contributed by atoms with Crippen molar-refractivity contribution in [3.05, 3.63) is 18.4 Å². The van der Waals surface area contributed by atoms with Crippen LogP contribution in [0, 0.1) is 5.92 Å². The fourth-order valence-electron chi connectivity index (χ4n) is 1.08. The molecule has 0 radical (unpaired) electrons. The highest BCUT2D eigenvalue weighted by Crippen LogP contribution is 2.45. The van der Waals surface area contributed by atoms with E-state index < -0.39 is 0 Å². The maximum Gasteiger partial charge on any atom is 0.197 e. The summed E-state index contributed by atoms with van der Waals surface area (Å²) in [5.74, 6) is 2.34. The van der Waals surface area contributed by atoms with Gasteiger partial charge in [0.15, 0.2) is 5.89 Å². The second kappa shape index (κ2) is 1.59. The van der Waals surface area contributed by atoms with Gasteiger partial charge in [0.1, 0.15) is 6.26 Å². The van der Waals surface area contributed by atoms with Crippen molar-refractivity contribution in [2.24, 2.45) is 5.92 Å². The standard InChI is InChI=1S/C7H9NO/c1-5-4-6(5)7-8-2-3-9-7/h2-3,5-6H,4H2,1H3/t5-,6+/m1/s1. The van der Waals surface area contributed by atoms with Crippen LogP contribution in [-0.4, -0.2) is 4.98 Å². The number of hydrogen-bond acceptors (Lipinski definition) is 2. The summed E-state index contributed by atoms with van der Waals surface area (Å²) in [5, 5.41) is 0. The van der Waals surface area contributed by atoms with Gasteiger partial charge < -0.3 is 4.42 Å². The number of hydrogen-bond donors (Lipinski definition) is 0. The maximum absolute atomic E-state index is 5.12. The molecule has 2 atom stereocenters. The maximum atomic E-state index is 5.12. The Labute approximate surface area is 53.9 Å². The van der Waals surface area contributed by atoms with Gasteiger partial charge in [0.2, 0.25) is 0 Å². The van der Waals surface area contributed by atoms with Crippen LogP contribution in [0.5, 0.6) is 0 Å². The molecular formula is C7H9NO. The highest BCUT2D eigenvalue weighted by molar-refractivity contribution is 5.04. The zero-order valence-corrected chi connectivity index (χ0v) is 5.37. The average molecular weight is 123 g/mol. The molecule has 0 N–H and O–H groups in total. The van der Waals surface area contributed by atoms with Gasteiger partial charge in [0.25, 0.3) is 0 Å². The van der Waals surface area contributed by atoms with Crippen molar-refractivity contribution in [3.8, 4) is 0 Å². The quantitative estimate of drug-likeness (QED) is 0.569. The molecule has 0 spiro atoms. The average Bonchev–Trinajstić information content (AvgIpc) is 2.44. The number of aromatic nitrogens is 1. The van der Waals surface area contributed by atoms with Crippen LogP contribution < -0.4 is 0 Å². The minimum atomic E-state index is 0.625. The second-order valence-corrected chi connectivity index (χ2v) is 2.69. The van der Waals surface area contributed by atoms with Crippen molar-refractivity contribution < 1.29 is 4.42 Å². The molecule has 1 heterocycles. The summed E-state index contributed by atoms with van der Waals surface area (Å²) in [4.78, 5) is 4.06. The Kier molecular flexibility index (Phi) is 0.891. The molecule has 1 aliphatic carbocycles. The zero-order valence-electron chi connectivity index (χ0n) is 5.37. The molecule has 48 valence electrons. The topological polar surface area (TPSA) is 26.0 Å². The predicted octanol–water partition coefficient (Wildman–Crippen LogP) is 1.80. The summed E-state index contributed by atoms with van der Waals surface area (Å²) >= 11 is 0. The summed E-state index contributed by atoms with van der Waals surface area (Å²) in [6.45, 7) is 2.22. The first-order chi connectivity index (χ1) is 4.38. The van der Waals surface area contributed by atoms with Crippen molar-refractivity contribution in [1.29, 1.82) is 0 Å². The minimum Gasteiger partial charge on any atom is -0.449 e. The van der Waals surface area contributed by atoms with Crippen LogP contribution in [0.2, 0.25) is 0 Å². The van der Waals surface area contributed by atoms with E-state index >= 15 is 0 Å². The van der Waals surface area contributed by atoms with E-state index in [0.717, 1.165) is 11.8 Å². The van der Waals surface area contributed by atoms with Crippen molar-refractivity contribution in [2.75, 3.05) is 0 Å². The largest absolute Gasteiger partial charge is 0.449 e. The van der Waals surface area contributed by atoms with Gasteiger partial charge in [0.05, 0.1) is 6.20 Å². The van der Waals surface area contributed by atoms with Gasteiger partial charge in [-0.2, -0.15) is 0 Å². The SMILES string of the molecule is C[C@@H]1C[C@@H]1c1ncco1. The third kappa shape index (κ3) is 0.745. The van der Waals surface area contributed by atoms with Crippen LogP contribution in [0.3, 0.4) is 0 Å². The van der Waals surface area contributed by atoms with Crippen LogP contribution in [0.15, 0.2) is 16.9 Å². The Bertz CT molecular complexity index is 193. The van der Waals surface area contributed by atoms with Gasteiger partial charge in [-0.25, -0.2) is 4.98 Å². The molecule has 2 nitrogen and oxygen atoms in total. The summed E-state index contributed by atoms with van der Waals surface area (Å²) < 4.78 is 5.12. The van der Waals surface area contributed by atoms with Gasteiger partial charge in [-0.15, -0.1) is 0 Å². The van der Waals surface area contributed by atoms with E-state index in [-0.39, 0.29) is 0 Å². The van der Waals surface area contributed by atoms with Gasteiger partial charge in [-0.1, -0.05) is 6.92 Å². The molecule has 0 saturated heterocycles. The monoisotopic (exact) mass is 123 g/mol. The lowest BCUT2D eigenvalue weighted by atomic mass is 10.3. The van der Waals surface area contributed by atoms with Crippen LogP contribution in [-0.2, 0) is 0 Å². The predicted molar refractivity (Wildman–Crippen MR) is 33.0 cm³/mol.